The Labute approximate surface area is 119 Å². The average Bonchev–Trinajstić information content (AvgIpc) is 2.81. The van der Waals surface area contributed by atoms with Crippen LogP contribution in [0, 0.1) is 0 Å². The van der Waals surface area contributed by atoms with Gasteiger partial charge in [0.25, 0.3) is 0 Å². The van der Waals surface area contributed by atoms with E-state index >= 15 is 0 Å². The Balaban J connectivity index is 2.13. The third-order valence-corrected chi connectivity index (χ3v) is 3.06. The fourth-order valence-corrected chi connectivity index (χ4v) is 1.96. The van der Waals surface area contributed by atoms with E-state index in [1.807, 2.05) is 0 Å². The first kappa shape index (κ1) is 15.1. The number of aromatic nitrogens is 2. The topological polar surface area (TPSA) is 46.9 Å². The number of nitrogens with one attached hydrogen (secondary N) is 1. The molecule has 1 unspecified atom stereocenters. The maximum atomic E-state index is 13.1. The monoisotopic (exact) mass is 297 g/mol. The second-order valence-electron chi connectivity index (χ2n) is 4.62. The molecule has 1 aromatic carbocycles. The molecule has 0 aliphatic rings. The van der Waals surface area contributed by atoms with Crippen molar-refractivity contribution in [1.29, 1.82) is 0 Å². The van der Waals surface area contributed by atoms with Crippen LogP contribution in [-0.4, -0.2) is 21.6 Å². The van der Waals surface area contributed by atoms with E-state index in [9.17, 15) is 18.0 Å². The summed E-state index contributed by atoms with van der Waals surface area (Å²) < 4.78 is 40.9. The van der Waals surface area contributed by atoms with Crippen LogP contribution in [-0.2, 0) is 11.8 Å². The zero-order valence-electron chi connectivity index (χ0n) is 11.3. The normalized spacial score (nSPS) is 13.0. The largest absolute Gasteiger partial charge is 0.396 e. The minimum Gasteiger partial charge on any atom is -0.320 e. The number of carbonyl (C=O) groups excluding carboxylic acids is 1. The summed E-state index contributed by atoms with van der Waals surface area (Å²) in [5.41, 5.74) is 0.0694. The molecule has 1 aromatic heterocycles. The third-order valence-electron chi connectivity index (χ3n) is 3.06. The van der Waals surface area contributed by atoms with Crippen molar-refractivity contribution in [2.45, 2.75) is 18.5 Å². The van der Waals surface area contributed by atoms with Gasteiger partial charge >= 0.3 is 6.18 Å². The van der Waals surface area contributed by atoms with E-state index in [0.29, 0.717) is 0 Å². The zero-order valence-corrected chi connectivity index (χ0v) is 11.3. The van der Waals surface area contributed by atoms with Crippen LogP contribution in [0.4, 0.5) is 19.1 Å². The molecule has 0 spiro atoms. The summed E-state index contributed by atoms with van der Waals surface area (Å²) in [6.45, 7) is 0. The van der Waals surface area contributed by atoms with E-state index in [0.717, 1.165) is 0 Å². The second kappa shape index (κ2) is 5.99. The molecule has 21 heavy (non-hydrogen) atoms. The maximum absolute atomic E-state index is 13.1. The highest BCUT2D eigenvalue weighted by Gasteiger charge is 2.41. The van der Waals surface area contributed by atoms with Crippen LogP contribution in [0.5, 0.6) is 0 Å². The van der Waals surface area contributed by atoms with Crippen molar-refractivity contribution in [1.82, 2.24) is 9.55 Å². The first-order valence-corrected chi connectivity index (χ1v) is 6.27. The standard InChI is InChI=1S/C14H14F3N3O/c1-20-8-7-18-13(20)19-12(21)9-11(14(15,16)17)10-5-3-2-4-6-10/h2-8,11H,9H2,1H3,(H,18,19,21). The Kier molecular flexibility index (Phi) is 4.30. The van der Waals surface area contributed by atoms with Gasteiger partial charge < -0.3 is 4.57 Å². The van der Waals surface area contributed by atoms with Crippen LogP contribution in [0.15, 0.2) is 42.7 Å². The summed E-state index contributed by atoms with van der Waals surface area (Å²) in [7, 11) is 1.64. The lowest BCUT2D eigenvalue weighted by atomic mass is 9.95. The number of hydrogen-bond acceptors (Lipinski definition) is 2. The van der Waals surface area contributed by atoms with Crippen molar-refractivity contribution in [2.24, 2.45) is 7.05 Å². The van der Waals surface area contributed by atoms with Crippen LogP contribution >= 0.6 is 0 Å². The van der Waals surface area contributed by atoms with Gasteiger partial charge in [0.2, 0.25) is 11.9 Å². The van der Waals surface area contributed by atoms with Gasteiger partial charge in [-0.2, -0.15) is 13.2 Å². The molecule has 112 valence electrons. The molecule has 0 aliphatic heterocycles. The Morgan fingerprint density at radius 1 is 1.33 bits per heavy atom. The molecule has 0 fully saturated rings. The second-order valence-corrected chi connectivity index (χ2v) is 4.62. The van der Waals surface area contributed by atoms with Gasteiger partial charge in [-0.05, 0) is 5.56 Å². The number of alkyl halides is 3. The lowest BCUT2D eigenvalue weighted by molar-refractivity contribution is -0.156. The van der Waals surface area contributed by atoms with Crippen molar-refractivity contribution in [2.75, 3.05) is 5.32 Å². The molecule has 0 bridgehead atoms. The molecule has 0 aliphatic carbocycles. The molecular formula is C14H14F3N3O. The van der Waals surface area contributed by atoms with Crippen LogP contribution in [0.25, 0.3) is 0 Å². The number of benzene rings is 1. The van der Waals surface area contributed by atoms with E-state index in [2.05, 4.69) is 10.3 Å². The molecule has 1 heterocycles. The van der Waals surface area contributed by atoms with Gasteiger partial charge in [0.15, 0.2) is 0 Å². The van der Waals surface area contributed by atoms with Gasteiger partial charge in [-0.3, -0.25) is 10.1 Å². The smallest absolute Gasteiger partial charge is 0.320 e. The summed E-state index contributed by atoms with van der Waals surface area (Å²) in [5.74, 6) is -2.34. The summed E-state index contributed by atoms with van der Waals surface area (Å²) in [5, 5.41) is 2.38. The van der Waals surface area contributed by atoms with E-state index < -0.39 is 24.4 Å². The number of carbonyl (C=O) groups is 1. The van der Waals surface area contributed by atoms with Gasteiger partial charge in [0, 0.05) is 25.9 Å². The van der Waals surface area contributed by atoms with Gasteiger partial charge in [-0.1, -0.05) is 30.3 Å². The Hall–Kier alpha value is -2.31. The SMILES string of the molecule is Cn1ccnc1NC(=O)CC(c1ccccc1)C(F)(F)F. The van der Waals surface area contributed by atoms with Crippen LogP contribution in [0.2, 0.25) is 0 Å². The van der Waals surface area contributed by atoms with E-state index in [1.54, 1.807) is 19.3 Å². The third kappa shape index (κ3) is 3.84. The number of anilines is 1. The number of nitrogens with zero attached hydrogens (tertiary/aromatic N) is 2. The number of rotatable bonds is 4. The highest BCUT2D eigenvalue weighted by molar-refractivity contribution is 5.89. The number of halogens is 3. The Bertz CT molecular complexity index is 607. The maximum Gasteiger partial charge on any atom is 0.396 e. The molecule has 1 N–H and O–H groups in total. The lowest BCUT2D eigenvalue weighted by Crippen LogP contribution is -2.27. The summed E-state index contributed by atoms with van der Waals surface area (Å²) in [6, 6.07) is 7.40. The van der Waals surface area contributed by atoms with Gasteiger partial charge in [-0.15, -0.1) is 0 Å². The van der Waals surface area contributed by atoms with Gasteiger partial charge in [0.1, 0.15) is 0 Å². The molecule has 1 atom stereocenters. The fraction of sp³-hybridized carbons (Fsp3) is 0.286. The van der Waals surface area contributed by atoms with E-state index in [4.69, 9.17) is 0 Å². The minimum atomic E-state index is -4.49. The van der Waals surface area contributed by atoms with Gasteiger partial charge in [0.05, 0.1) is 5.92 Å². The first-order valence-electron chi connectivity index (χ1n) is 6.27. The molecule has 7 heteroatoms. The predicted molar refractivity (Wildman–Crippen MR) is 71.7 cm³/mol. The summed E-state index contributed by atoms with van der Waals surface area (Å²) in [4.78, 5) is 15.7. The average molecular weight is 297 g/mol. The number of aryl methyl sites for hydroxylation is 1. The number of hydrogen-bond donors (Lipinski definition) is 1. The van der Waals surface area contributed by atoms with Crippen molar-refractivity contribution >= 4 is 11.9 Å². The molecule has 2 aromatic rings. The highest BCUT2D eigenvalue weighted by Crippen LogP contribution is 2.37. The molecule has 1 amide bonds. The van der Waals surface area contributed by atoms with Crippen molar-refractivity contribution < 1.29 is 18.0 Å². The number of amides is 1. The van der Waals surface area contributed by atoms with Crippen LogP contribution < -0.4 is 5.32 Å². The quantitative estimate of drug-likeness (QED) is 0.942. The predicted octanol–water partition coefficient (Wildman–Crippen LogP) is 3.09. The molecule has 0 radical (unpaired) electrons. The summed E-state index contributed by atoms with van der Waals surface area (Å²) >= 11 is 0. The van der Waals surface area contributed by atoms with E-state index in [1.165, 1.54) is 35.0 Å². The zero-order chi connectivity index (χ0) is 15.5. The molecule has 2 rings (SSSR count). The molecule has 0 saturated heterocycles. The van der Waals surface area contributed by atoms with Crippen molar-refractivity contribution in [3.63, 3.8) is 0 Å². The first-order chi connectivity index (χ1) is 9.88. The Morgan fingerprint density at radius 2 is 2.00 bits per heavy atom. The number of imidazole rings is 1. The van der Waals surface area contributed by atoms with Crippen LogP contribution in [0.3, 0.4) is 0 Å². The highest BCUT2D eigenvalue weighted by atomic mass is 19.4. The lowest BCUT2D eigenvalue weighted by Gasteiger charge is -2.20. The molecular weight excluding hydrogens is 283 g/mol. The fourth-order valence-electron chi connectivity index (χ4n) is 1.96. The van der Waals surface area contributed by atoms with E-state index in [-0.39, 0.29) is 11.5 Å². The molecule has 0 saturated carbocycles. The van der Waals surface area contributed by atoms with Gasteiger partial charge in [-0.25, -0.2) is 4.98 Å². The van der Waals surface area contributed by atoms with Crippen LogP contribution in [0.1, 0.15) is 17.9 Å². The van der Waals surface area contributed by atoms with Crippen molar-refractivity contribution in [3.05, 3.63) is 48.3 Å². The van der Waals surface area contributed by atoms with Crippen molar-refractivity contribution in [3.8, 4) is 0 Å². The minimum absolute atomic E-state index is 0.0694. The Morgan fingerprint density at radius 3 is 2.52 bits per heavy atom. The molecule has 4 nitrogen and oxygen atoms in total. The summed E-state index contributed by atoms with van der Waals surface area (Å²) in [6.07, 6.45) is -2.12.